The molecule has 260 valence electrons. The standard InChI is InChI=1S/C40H46O9/c1-24-30-22-40(38(5,6)45)23-32(46-26(3)41)25(2)34(40)35(49-37(44)29-16-12-9-13-17-29)36(47-27(4)42)39(30,7)21-20-31(24)48-33(43)19-18-28-14-10-8-11-15-28/h8-19,30-32,35-36,45H,1,20-23H2,2-7H3/b19-18+/t30-,31+,32+,35-,36+,39-,40+/m1/s1. The average Bonchev–Trinajstić information content (AvgIpc) is 3.28. The molecule has 0 spiro atoms. The monoisotopic (exact) mass is 670 g/mol. The van der Waals surface area contributed by atoms with E-state index in [0.29, 0.717) is 35.1 Å². The minimum atomic E-state index is -1.44. The summed E-state index contributed by atoms with van der Waals surface area (Å²) in [4.78, 5) is 52.1. The normalized spacial score (nSPS) is 29.8. The van der Waals surface area contributed by atoms with Gasteiger partial charge in [-0.15, -0.1) is 0 Å². The van der Waals surface area contributed by atoms with Crippen LogP contribution in [0.4, 0.5) is 0 Å². The first-order valence-corrected chi connectivity index (χ1v) is 16.7. The Bertz CT molecular complexity index is 1670. The van der Waals surface area contributed by atoms with E-state index in [1.807, 2.05) is 37.3 Å². The smallest absolute Gasteiger partial charge is 0.338 e. The highest BCUT2D eigenvalue weighted by Gasteiger charge is 2.66. The van der Waals surface area contributed by atoms with E-state index in [4.69, 9.17) is 18.9 Å². The molecule has 0 heterocycles. The van der Waals surface area contributed by atoms with Gasteiger partial charge in [-0.25, -0.2) is 9.59 Å². The zero-order valence-corrected chi connectivity index (χ0v) is 29.1. The molecule has 49 heavy (non-hydrogen) atoms. The molecule has 2 saturated carbocycles. The molecule has 2 aromatic rings. The van der Waals surface area contributed by atoms with Gasteiger partial charge in [-0.1, -0.05) is 62.0 Å². The molecule has 0 bridgehead atoms. The second-order valence-electron chi connectivity index (χ2n) is 14.3. The topological polar surface area (TPSA) is 125 Å². The van der Waals surface area contributed by atoms with Crippen molar-refractivity contribution >= 4 is 30.0 Å². The predicted octanol–water partition coefficient (Wildman–Crippen LogP) is 6.55. The fourth-order valence-corrected chi connectivity index (χ4v) is 8.28. The van der Waals surface area contributed by atoms with Crippen molar-refractivity contribution in [3.05, 3.63) is 101 Å². The largest absolute Gasteiger partial charge is 0.458 e. The van der Waals surface area contributed by atoms with Crippen LogP contribution in [0.3, 0.4) is 0 Å². The first kappa shape index (κ1) is 35.8. The molecular formula is C40H46O9. The van der Waals surface area contributed by atoms with Gasteiger partial charge < -0.3 is 24.1 Å². The maximum Gasteiger partial charge on any atom is 0.338 e. The van der Waals surface area contributed by atoms with Gasteiger partial charge in [0.25, 0.3) is 0 Å². The Balaban J connectivity index is 1.62. The Morgan fingerprint density at radius 2 is 1.49 bits per heavy atom. The van der Waals surface area contributed by atoms with Crippen LogP contribution in [0, 0.1) is 16.7 Å². The molecule has 0 radical (unpaired) electrons. The second kappa shape index (κ2) is 13.8. The number of ether oxygens (including phenoxy) is 4. The van der Waals surface area contributed by atoms with Gasteiger partial charge in [0.2, 0.25) is 0 Å². The van der Waals surface area contributed by atoms with Crippen molar-refractivity contribution in [2.75, 3.05) is 0 Å². The Kier molecular flexibility index (Phi) is 10.1. The van der Waals surface area contributed by atoms with Crippen molar-refractivity contribution in [2.24, 2.45) is 16.7 Å². The summed E-state index contributed by atoms with van der Waals surface area (Å²) in [5, 5.41) is 12.1. The Morgan fingerprint density at radius 1 is 0.878 bits per heavy atom. The number of fused-ring (bicyclic) bond motifs is 2. The molecular weight excluding hydrogens is 624 g/mol. The highest BCUT2D eigenvalue weighted by atomic mass is 16.6. The van der Waals surface area contributed by atoms with E-state index in [9.17, 15) is 24.3 Å². The van der Waals surface area contributed by atoms with Gasteiger partial charge in [0.15, 0.2) is 6.10 Å². The Hall–Kier alpha value is -4.50. The van der Waals surface area contributed by atoms with E-state index < -0.39 is 70.6 Å². The summed E-state index contributed by atoms with van der Waals surface area (Å²) in [6.45, 7) is 14.3. The number of hydrogen-bond donors (Lipinski definition) is 1. The lowest BCUT2D eigenvalue weighted by molar-refractivity contribution is -0.168. The van der Waals surface area contributed by atoms with Gasteiger partial charge in [-0.2, -0.15) is 0 Å². The number of aliphatic hydroxyl groups is 1. The first-order chi connectivity index (χ1) is 23.1. The maximum atomic E-state index is 13.8. The third-order valence-electron chi connectivity index (χ3n) is 10.8. The summed E-state index contributed by atoms with van der Waals surface area (Å²) < 4.78 is 24.4. The lowest BCUT2D eigenvalue weighted by Gasteiger charge is -2.50. The molecule has 3 aliphatic rings. The van der Waals surface area contributed by atoms with E-state index in [1.165, 1.54) is 19.9 Å². The van der Waals surface area contributed by atoms with Crippen molar-refractivity contribution < 1.29 is 43.2 Å². The van der Waals surface area contributed by atoms with Gasteiger partial charge in [-0.3, -0.25) is 9.59 Å². The minimum Gasteiger partial charge on any atom is -0.458 e. The van der Waals surface area contributed by atoms with E-state index in [2.05, 4.69) is 6.58 Å². The van der Waals surface area contributed by atoms with Gasteiger partial charge >= 0.3 is 23.9 Å². The fourth-order valence-electron chi connectivity index (χ4n) is 8.28. The van der Waals surface area contributed by atoms with Crippen molar-refractivity contribution in [3.8, 4) is 0 Å². The fraction of sp³-hybridized carbons (Fsp3) is 0.450. The molecule has 0 saturated heterocycles. The zero-order chi connectivity index (χ0) is 35.7. The van der Waals surface area contributed by atoms with Gasteiger partial charge in [0.05, 0.1) is 11.2 Å². The molecule has 0 unspecified atom stereocenters. The highest BCUT2D eigenvalue weighted by Crippen LogP contribution is 2.65. The third kappa shape index (κ3) is 6.99. The predicted molar refractivity (Wildman–Crippen MR) is 183 cm³/mol. The van der Waals surface area contributed by atoms with Crippen molar-refractivity contribution in [3.63, 3.8) is 0 Å². The Morgan fingerprint density at radius 3 is 2.08 bits per heavy atom. The van der Waals surface area contributed by atoms with Crippen LogP contribution in [0.5, 0.6) is 0 Å². The molecule has 3 aliphatic carbocycles. The quantitative estimate of drug-likeness (QED) is 0.144. The third-order valence-corrected chi connectivity index (χ3v) is 10.8. The van der Waals surface area contributed by atoms with E-state index in [1.54, 1.807) is 57.2 Å². The molecule has 1 N–H and O–H groups in total. The number of benzene rings is 2. The molecule has 9 heteroatoms. The van der Waals surface area contributed by atoms with E-state index >= 15 is 0 Å². The SMILES string of the molecule is C=C1[C@@H](OC(=O)/C=C/c2ccccc2)CC[C@]2(C)[C@@H]1C[C@]1(C(C)(C)O)C[C@H](OC(C)=O)C(C)=C1[C@@H](OC(=O)c1ccccc1)[C@@H]2OC(C)=O. The summed E-state index contributed by atoms with van der Waals surface area (Å²) in [7, 11) is 0. The molecule has 9 nitrogen and oxygen atoms in total. The number of carbonyl (C=O) groups is 4. The molecule has 5 rings (SSSR count). The lowest BCUT2D eigenvalue weighted by Crippen LogP contribution is -2.52. The first-order valence-electron chi connectivity index (χ1n) is 16.7. The van der Waals surface area contributed by atoms with Crippen LogP contribution in [0.1, 0.15) is 83.1 Å². The number of carbonyl (C=O) groups excluding carboxylic acids is 4. The van der Waals surface area contributed by atoms with Gasteiger partial charge in [-0.05, 0) is 86.4 Å². The van der Waals surface area contributed by atoms with Crippen LogP contribution in [0.2, 0.25) is 0 Å². The summed E-state index contributed by atoms with van der Waals surface area (Å²) in [6.07, 6.45) is 0.815. The van der Waals surface area contributed by atoms with Crippen LogP contribution < -0.4 is 0 Å². The summed E-state index contributed by atoms with van der Waals surface area (Å²) >= 11 is 0. The minimum absolute atomic E-state index is 0.202. The summed E-state index contributed by atoms with van der Waals surface area (Å²) in [6, 6.07) is 17.9. The average molecular weight is 671 g/mol. The van der Waals surface area contributed by atoms with Gasteiger partial charge in [0, 0.05) is 37.2 Å². The lowest BCUT2D eigenvalue weighted by atomic mass is 9.57. The Labute approximate surface area is 288 Å². The van der Waals surface area contributed by atoms with Crippen molar-refractivity contribution in [1.29, 1.82) is 0 Å². The summed E-state index contributed by atoms with van der Waals surface area (Å²) in [5.41, 5.74) is -0.471. The molecule has 0 aromatic heterocycles. The van der Waals surface area contributed by atoms with Crippen LogP contribution in [-0.2, 0) is 33.3 Å². The molecule has 2 aromatic carbocycles. The van der Waals surface area contributed by atoms with Crippen LogP contribution in [0.25, 0.3) is 6.08 Å². The van der Waals surface area contributed by atoms with Crippen LogP contribution in [0.15, 0.2) is 90.0 Å². The highest BCUT2D eigenvalue weighted by molar-refractivity contribution is 5.89. The van der Waals surface area contributed by atoms with E-state index in [-0.39, 0.29) is 12.8 Å². The second-order valence-corrected chi connectivity index (χ2v) is 14.3. The summed E-state index contributed by atoms with van der Waals surface area (Å²) in [5.74, 6) is -2.70. The number of rotatable bonds is 8. The van der Waals surface area contributed by atoms with E-state index in [0.717, 1.165) is 5.56 Å². The zero-order valence-electron chi connectivity index (χ0n) is 29.1. The number of hydrogen-bond acceptors (Lipinski definition) is 9. The van der Waals surface area contributed by atoms with Crippen molar-refractivity contribution in [1.82, 2.24) is 0 Å². The van der Waals surface area contributed by atoms with Crippen LogP contribution >= 0.6 is 0 Å². The molecule has 0 amide bonds. The number of esters is 4. The van der Waals surface area contributed by atoms with Crippen molar-refractivity contribution in [2.45, 2.75) is 97.2 Å². The van der Waals surface area contributed by atoms with Gasteiger partial charge in [0.1, 0.15) is 18.3 Å². The molecule has 7 atom stereocenters. The molecule has 0 aliphatic heterocycles. The maximum absolute atomic E-state index is 13.8. The molecule has 2 fully saturated rings. The van der Waals surface area contributed by atoms with Crippen LogP contribution in [-0.4, -0.2) is 59.0 Å².